The number of rotatable bonds is 5. The van der Waals surface area contributed by atoms with Crippen LogP contribution in [-0.4, -0.2) is 25.6 Å². The third-order valence-electron chi connectivity index (χ3n) is 6.84. The Morgan fingerprint density at radius 1 is 1.32 bits per heavy atom. The number of hydrogen-bond acceptors (Lipinski definition) is 6. The first-order valence-electron chi connectivity index (χ1n) is 9.95. The summed E-state index contributed by atoms with van der Waals surface area (Å²) in [6.07, 6.45) is 8.88. The maximum absolute atomic E-state index is 12.7. The van der Waals surface area contributed by atoms with Crippen LogP contribution in [0.15, 0.2) is 11.6 Å². The zero-order valence-electron chi connectivity index (χ0n) is 15.8. The molecular weight excluding hydrogens is 378 g/mol. The number of aromatic nitrogens is 3. The quantitative estimate of drug-likeness (QED) is 0.603. The topological polar surface area (TPSA) is 103 Å². The van der Waals surface area contributed by atoms with Gasteiger partial charge in [-0.05, 0) is 63.2 Å². The van der Waals surface area contributed by atoms with Crippen LogP contribution in [0.1, 0.15) is 61.6 Å². The third-order valence-corrected chi connectivity index (χ3v) is 7.60. The molecule has 2 aromatic heterocycles. The van der Waals surface area contributed by atoms with Gasteiger partial charge in [0.05, 0.1) is 10.6 Å². The summed E-state index contributed by atoms with van der Waals surface area (Å²) in [5, 5.41) is 20.5. The minimum Gasteiger partial charge on any atom is -0.296 e. The minimum absolute atomic E-state index is 0.0287. The Balaban J connectivity index is 1.39. The second kappa shape index (κ2) is 6.37. The molecular formula is C19H23N5O3S. The summed E-state index contributed by atoms with van der Waals surface area (Å²) in [5.74, 6) is 1.95. The van der Waals surface area contributed by atoms with E-state index in [-0.39, 0.29) is 16.8 Å². The lowest BCUT2D eigenvalue weighted by atomic mass is 9.49. The van der Waals surface area contributed by atoms with Crippen molar-refractivity contribution in [1.29, 1.82) is 0 Å². The number of carbonyl (C=O) groups is 1. The fourth-order valence-electron chi connectivity index (χ4n) is 6.14. The molecule has 0 atom stereocenters. The number of anilines is 1. The molecule has 4 saturated carbocycles. The van der Waals surface area contributed by atoms with E-state index < -0.39 is 10.8 Å². The van der Waals surface area contributed by atoms with Crippen molar-refractivity contribution >= 4 is 28.1 Å². The number of hydrogen-bond donors (Lipinski definition) is 1. The van der Waals surface area contributed by atoms with Crippen LogP contribution in [-0.2, 0) is 12.0 Å². The van der Waals surface area contributed by atoms with Gasteiger partial charge in [-0.1, -0.05) is 0 Å². The molecule has 0 saturated heterocycles. The molecule has 0 spiro atoms. The predicted octanol–water partition coefficient (Wildman–Crippen LogP) is 3.99. The summed E-state index contributed by atoms with van der Waals surface area (Å²) < 4.78 is 1.35. The molecule has 1 N–H and O–H groups in total. The van der Waals surface area contributed by atoms with Crippen LogP contribution in [0, 0.1) is 27.9 Å². The van der Waals surface area contributed by atoms with Gasteiger partial charge < -0.3 is 0 Å². The number of nitrogens with zero attached hydrogens (tertiary/aromatic N) is 4. The van der Waals surface area contributed by atoms with Crippen molar-refractivity contribution in [3.05, 3.63) is 33.1 Å². The molecule has 4 aliphatic carbocycles. The van der Waals surface area contributed by atoms with E-state index in [2.05, 4.69) is 15.8 Å². The molecule has 2 heterocycles. The van der Waals surface area contributed by atoms with Gasteiger partial charge in [0, 0.05) is 17.3 Å². The molecule has 8 nitrogen and oxygen atoms in total. The number of amides is 1. The number of nitrogens with one attached hydrogen (secondary N) is 1. The molecule has 2 aromatic rings. The molecule has 28 heavy (non-hydrogen) atoms. The lowest BCUT2D eigenvalue weighted by molar-refractivity contribution is -0.385. The summed E-state index contributed by atoms with van der Waals surface area (Å²) in [4.78, 5) is 28.2. The second-order valence-corrected chi connectivity index (χ2v) is 9.50. The van der Waals surface area contributed by atoms with E-state index in [1.807, 2.05) is 0 Å². The highest BCUT2D eigenvalue weighted by Crippen LogP contribution is 2.60. The molecule has 0 unspecified atom stereocenters. The van der Waals surface area contributed by atoms with E-state index in [9.17, 15) is 14.9 Å². The van der Waals surface area contributed by atoms with E-state index in [0.29, 0.717) is 11.7 Å². The van der Waals surface area contributed by atoms with E-state index in [1.54, 1.807) is 6.92 Å². The summed E-state index contributed by atoms with van der Waals surface area (Å²) >= 11 is 1.41. The summed E-state index contributed by atoms with van der Waals surface area (Å²) in [5.41, 5.74) is 0.965. The summed E-state index contributed by atoms with van der Waals surface area (Å²) in [6.45, 7) is 2.18. The van der Waals surface area contributed by atoms with Gasteiger partial charge >= 0.3 is 5.69 Å². The van der Waals surface area contributed by atoms with E-state index in [4.69, 9.17) is 4.98 Å². The Bertz CT molecular complexity index is 914. The predicted molar refractivity (Wildman–Crippen MR) is 104 cm³/mol. The molecule has 4 bridgehead atoms. The highest BCUT2D eigenvalue weighted by molar-refractivity contribution is 7.14. The van der Waals surface area contributed by atoms with Crippen molar-refractivity contribution in [2.75, 3.05) is 5.32 Å². The van der Waals surface area contributed by atoms with Crippen molar-refractivity contribution in [3.8, 4) is 0 Å². The molecule has 0 aliphatic heterocycles. The first-order valence-corrected chi connectivity index (χ1v) is 10.8. The first kappa shape index (κ1) is 17.8. The van der Waals surface area contributed by atoms with Crippen LogP contribution in [0.3, 0.4) is 0 Å². The maximum Gasteiger partial charge on any atom is 0.320 e. The van der Waals surface area contributed by atoms with Crippen LogP contribution in [0.25, 0.3) is 0 Å². The SMILES string of the molecule is CCn1ncc([N+](=O)[O-])c1C(=O)Nc1nc(C23CC4CC(CC(C4)C2)C3)cs1. The summed E-state index contributed by atoms with van der Waals surface area (Å²) in [7, 11) is 0. The maximum atomic E-state index is 12.7. The van der Waals surface area contributed by atoms with Gasteiger partial charge in [0.15, 0.2) is 5.13 Å². The Hall–Kier alpha value is -2.29. The molecule has 9 heteroatoms. The minimum atomic E-state index is -0.573. The van der Waals surface area contributed by atoms with Crippen LogP contribution in [0.5, 0.6) is 0 Å². The molecule has 6 rings (SSSR count). The smallest absolute Gasteiger partial charge is 0.296 e. The summed E-state index contributed by atoms with van der Waals surface area (Å²) in [6, 6.07) is 0. The van der Waals surface area contributed by atoms with Gasteiger partial charge in [-0.2, -0.15) is 5.10 Å². The van der Waals surface area contributed by atoms with Crippen LogP contribution >= 0.6 is 11.3 Å². The Morgan fingerprint density at radius 2 is 1.96 bits per heavy atom. The van der Waals surface area contributed by atoms with Crippen LogP contribution < -0.4 is 5.32 Å². The van der Waals surface area contributed by atoms with Gasteiger partial charge in [0.2, 0.25) is 5.69 Å². The van der Waals surface area contributed by atoms with E-state index in [1.165, 1.54) is 54.5 Å². The fourth-order valence-corrected chi connectivity index (χ4v) is 6.97. The molecule has 0 aromatic carbocycles. The third kappa shape index (κ3) is 2.75. The van der Waals surface area contributed by atoms with Crippen molar-refractivity contribution in [3.63, 3.8) is 0 Å². The fraction of sp³-hybridized carbons (Fsp3) is 0.632. The highest BCUT2D eigenvalue weighted by atomic mass is 32.1. The molecule has 4 aliphatic rings. The van der Waals surface area contributed by atoms with Crippen molar-refractivity contribution < 1.29 is 9.72 Å². The van der Waals surface area contributed by atoms with Gasteiger partial charge in [-0.15, -0.1) is 11.3 Å². The van der Waals surface area contributed by atoms with E-state index >= 15 is 0 Å². The Labute approximate surface area is 166 Å². The number of carbonyl (C=O) groups excluding carboxylic acids is 1. The Morgan fingerprint density at radius 3 is 2.54 bits per heavy atom. The van der Waals surface area contributed by atoms with Gasteiger partial charge in [-0.3, -0.25) is 24.9 Å². The second-order valence-electron chi connectivity index (χ2n) is 8.64. The van der Waals surface area contributed by atoms with Gasteiger partial charge in [0.1, 0.15) is 6.20 Å². The average molecular weight is 401 g/mol. The van der Waals surface area contributed by atoms with Crippen LogP contribution in [0.4, 0.5) is 10.8 Å². The lowest BCUT2D eigenvalue weighted by Gasteiger charge is -2.56. The number of nitro groups is 1. The zero-order valence-corrected chi connectivity index (χ0v) is 16.6. The molecule has 148 valence electrons. The number of thiazole rings is 1. The lowest BCUT2D eigenvalue weighted by Crippen LogP contribution is -2.48. The van der Waals surface area contributed by atoms with Crippen molar-refractivity contribution in [2.45, 2.75) is 57.4 Å². The number of aryl methyl sites for hydroxylation is 1. The molecule has 0 radical (unpaired) electrons. The Kier molecular flexibility index (Phi) is 4.04. The normalized spacial score (nSPS) is 30.5. The molecule has 4 fully saturated rings. The monoisotopic (exact) mass is 401 g/mol. The van der Waals surface area contributed by atoms with Gasteiger partial charge in [0.25, 0.3) is 5.91 Å². The first-order chi connectivity index (χ1) is 13.5. The largest absolute Gasteiger partial charge is 0.320 e. The van der Waals surface area contributed by atoms with Crippen molar-refractivity contribution in [2.24, 2.45) is 17.8 Å². The highest BCUT2D eigenvalue weighted by Gasteiger charge is 2.52. The van der Waals surface area contributed by atoms with Gasteiger partial charge in [-0.25, -0.2) is 4.98 Å². The van der Waals surface area contributed by atoms with E-state index in [0.717, 1.165) is 29.6 Å². The standard InChI is InChI=1S/C19H23N5O3S/c1-2-23-16(14(9-20-23)24(26)27)17(25)22-18-21-15(10-28-18)19-6-11-3-12(7-19)5-13(4-11)8-19/h9-13H,2-8H2,1H3,(H,21,22,25). The zero-order chi connectivity index (χ0) is 19.5. The van der Waals surface area contributed by atoms with Crippen LogP contribution in [0.2, 0.25) is 0 Å². The molecule has 1 amide bonds. The average Bonchev–Trinajstić information content (AvgIpc) is 3.27. The van der Waals surface area contributed by atoms with Crippen molar-refractivity contribution in [1.82, 2.24) is 14.8 Å².